The van der Waals surface area contributed by atoms with Gasteiger partial charge in [-0.1, -0.05) is 19.1 Å². The van der Waals surface area contributed by atoms with Crippen molar-refractivity contribution in [3.05, 3.63) is 12.4 Å². The lowest BCUT2D eigenvalue weighted by molar-refractivity contribution is 0.205. The summed E-state index contributed by atoms with van der Waals surface area (Å²) >= 11 is 0. The smallest absolute Gasteiger partial charge is 0.0946 e. The summed E-state index contributed by atoms with van der Waals surface area (Å²) in [5.74, 6) is 0. The average molecular weight is 182 g/mol. The maximum atomic E-state index is 3.95. The normalized spacial score (nSPS) is 11.0. The predicted octanol–water partition coefficient (Wildman–Crippen LogP) is 1.36. The summed E-state index contributed by atoms with van der Waals surface area (Å²) in [5, 5.41) is 7.73. The Bertz CT molecular complexity index is 201. The standard InChI is InChI=1S/C9H18N4/c1-3-6-12(7-4-2)9-13-8-5-10-11-13/h5,8H,3-4,6-7,9H2,1-2H3. The molecule has 0 fully saturated rings. The fourth-order valence-electron chi connectivity index (χ4n) is 1.40. The van der Waals surface area contributed by atoms with Crippen molar-refractivity contribution in [2.75, 3.05) is 13.1 Å². The van der Waals surface area contributed by atoms with Crippen LogP contribution >= 0.6 is 0 Å². The van der Waals surface area contributed by atoms with Gasteiger partial charge in [0.2, 0.25) is 0 Å². The highest BCUT2D eigenvalue weighted by Crippen LogP contribution is 1.96. The number of hydrogen-bond donors (Lipinski definition) is 0. The highest BCUT2D eigenvalue weighted by Gasteiger charge is 2.02. The molecule has 0 aliphatic rings. The molecule has 0 N–H and O–H groups in total. The molecule has 1 aromatic rings. The van der Waals surface area contributed by atoms with Gasteiger partial charge >= 0.3 is 0 Å². The molecule has 4 heteroatoms. The van der Waals surface area contributed by atoms with Crippen LogP contribution < -0.4 is 0 Å². The molecule has 1 aromatic heterocycles. The molecule has 0 aliphatic heterocycles. The van der Waals surface area contributed by atoms with Gasteiger partial charge in [-0.05, 0) is 25.9 Å². The Kier molecular flexibility index (Phi) is 4.46. The van der Waals surface area contributed by atoms with E-state index in [0.29, 0.717) is 0 Å². The first-order valence-corrected chi connectivity index (χ1v) is 4.93. The largest absolute Gasteiger partial charge is 0.284 e. The number of hydrogen-bond acceptors (Lipinski definition) is 3. The maximum absolute atomic E-state index is 3.95. The first-order chi connectivity index (χ1) is 6.36. The van der Waals surface area contributed by atoms with Gasteiger partial charge < -0.3 is 0 Å². The van der Waals surface area contributed by atoms with Gasteiger partial charge in [0, 0.05) is 6.20 Å². The van der Waals surface area contributed by atoms with Crippen LogP contribution in [0.2, 0.25) is 0 Å². The highest BCUT2D eigenvalue weighted by atomic mass is 15.5. The van der Waals surface area contributed by atoms with Gasteiger partial charge in [-0.15, -0.1) is 5.10 Å². The van der Waals surface area contributed by atoms with Crippen LogP contribution in [0, 0.1) is 0 Å². The first-order valence-electron chi connectivity index (χ1n) is 4.93. The molecule has 0 saturated carbocycles. The Hall–Kier alpha value is -0.900. The van der Waals surface area contributed by atoms with Crippen LogP contribution in [0.1, 0.15) is 26.7 Å². The van der Waals surface area contributed by atoms with Gasteiger partial charge in [0.15, 0.2) is 0 Å². The molecule has 1 heterocycles. The van der Waals surface area contributed by atoms with Crippen LogP contribution in [0.25, 0.3) is 0 Å². The molecule has 4 nitrogen and oxygen atoms in total. The van der Waals surface area contributed by atoms with E-state index in [9.17, 15) is 0 Å². The second-order valence-electron chi connectivity index (χ2n) is 3.20. The zero-order chi connectivity index (χ0) is 9.52. The molecule has 74 valence electrons. The average Bonchev–Trinajstić information content (AvgIpc) is 2.58. The third-order valence-electron chi connectivity index (χ3n) is 1.90. The Morgan fingerprint density at radius 1 is 1.23 bits per heavy atom. The number of rotatable bonds is 6. The summed E-state index contributed by atoms with van der Waals surface area (Å²) in [6, 6.07) is 0. The second-order valence-corrected chi connectivity index (χ2v) is 3.20. The Labute approximate surface area is 79.5 Å². The zero-order valence-corrected chi connectivity index (χ0v) is 8.48. The number of aromatic nitrogens is 3. The molecule has 0 bridgehead atoms. The van der Waals surface area contributed by atoms with Crippen LogP contribution in [-0.2, 0) is 6.67 Å². The Balaban J connectivity index is 2.37. The van der Waals surface area contributed by atoms with E-state index in [0.717, 1.165) is 19.8 Å². The zero-order valence-electron chi connectivity index (χ0n) is 8.48. The summed E-state index contributed by atoms with van der Waals surface area (Å²) in [7, 11) is 0. The monoisotopic (exact) mass is 182 g/mol. The van der Waals surface area contributed by atoms with Crippen LogP contribution in [0.15, 0.2) is 12.4 Å². The second kappa shape index (κ2) is 5.70. The van der Waals surface area contributed by atoms with Gasteiger partial charge in [-0.3, -0.25) is 4.90 Å². The molecule has 0 amide bonds. The van der Waals surface area contributed by atoms with Crippen LogP contribution in [0.3, 0.4) is 0 Å². The van der Waals surface area contributed by atoms with Crippen molar-refractivity contribution in [2.24, 2.45) is 0 Å². The van der Waals surface area contributed by atoms with Gasteiger partial charge in [0.1, 0.15) is 0 Å². The molecule has 0 aromatic carbocycles. The Morgan fingerprint density at radius 3 is 2.38 bits per heavy atom. The van der Waals surface area contributed by atoms with Gasteiger partial charge in [0.25, 0.3) is 0 Å². The minimum atomic E-state index is 0.863. The molecule has 0 saturated heterocycles. The molecule has 0 radical (unpaired) electrons. The minimum absolute atomic E-state index is 0.863. The van der Waals surface area contributed by atoms with Crippen molar-refractivity contribution in [3.8, 4) is 0 Å². The highest BCUT2D eigenvalue weighted by molar-refractivity contribution is 4.64. The van der Waals surface area contributed by atoms with Crippen molar-refractivity contribution >= 4 is 0 Å². The molecule has 0 unspecified atom stereocenters. The summed E-state index contributed by atoms with van der Waals surface area (Å²) in [4.78, 5) is 2.38. The fraction of sp³-hybridized carbons (Fsp3) is 0.778. The molecular formula is C9H18N4. The first kappa shape index (κ1) is 10.2. The summed E-state index contributed by atoms with van der Waals surface area (Å²) in [6.07, 6.45) is 6.00. The number of nitrogens with zero attached hydrogens (tertiary/aromatic N) is 4. The predicted molar refractivity (Wildman–Crippen MR) is 52.2 cm³/mol. The Morgan fingerprint density at radius 2 is 1.92 bits per heavy atom. The summed E-state index contributed by atoms with van der Waals surface area (Å²) in [5.41, 5.74) is 0. The molecule has 0 atom stereocenters. The van der Waals surface area contributed by atoms with E-state index in [1.165, 1.54) is 12.8 Å². The molecule has 1 rings (SSSR count). The lowest BCUT2D eigenvalue weighted by atomic mass is 10.4. The summed E-state index contributed by atoms with van der Waals surface area (Å²) < 4.78 is 1.87. The van der Waals surface area contributed by atoms with E-state index in [4.69, 9.17) is 0 Å². The fourth-order valence-corrected chi connectivity index (χ4v) is 1.40. The lowest BCUT2D eigenvalue weighted by Gasteiger charge is -2.19. The van der Waals surface area contributed by atoms with Crippen molar-refractivity contribution in [2.45, 2.75) is 33.4 Å². The van der Waals surface area contributed by atoms with Crippen molar-refractivity contribution in [1.82, 2.24) is 19.9 Å². The summed E-state index contributed by atoms with van der Waals surface area (Å²) in [6.45, 7) is 7.52. The SMILES string of the molecule is CCCN(CCC)Cn1ccnn1. The minimum Gasteiger partial charge on any atom is -0.284 e. The molecular weight excluding hydrogens is 164 g/mol. The van der Waals surface area contributed by atoms with Crippen molar-refractivity contribution in [1.29, 1.82) is 0 Å². The van der Waals surface area contributed by atoms with E-state index in [-0.39, 0.29) is 0 Å². The third-order valence-corrected chi connectivity index (χ3v) is 1.90. The topological polar surface area (TPSA) is 34.0 Å². The van der Waals surface area contributed by atoms with E-state index in [1.807, 2.05) is 10.9 Å². The van der Waals surface area contributed by atoms with E-state index < -0.39 is 0 Å². The molecule has 0 spiro atoms. The van der Waals surface area contributed by atoms with Crippen LogP contribution in [0.4, 0.5) is 0 Å². The van der Waals surface area contributed by atoms with Gasteiger partial charge in [0.05, 0.1) is 12.9 Å². The molecule has 0 aliphatic carbocycles. The van der Waals surface area contributed by atoms with E-state index >= 15 is 0 Å². The lowest BCUT2D eigenvalue weighted by Crippen LogP contribution is -2.28. The van der Waals surface area contributed by atoms with Crippen LogP contribution in [0.5, 0.6) is 0 Å². The van der Waals surface area contributed by atoms with Crippen LogP contribution in [-0.4, -0.2) is 33.0 Å². The third kappa shape index (κ3) is 3.55. The maximum Gasteiger partial charge on any atom is 0.0946 e. The quantitative estimate of drug-likeness (QED) is 0.666. The van der Waals surface area contributed by atoms with Crippen molar-refractivity contribution < 1.29 is 0 Å². The molecule has 13 heavy (non-hydrogen) atoms. The van der Waals surface area contributed by atoms with Crippen molar-refractivity contribution in [3.63, 3.8) is 0 Å². The van der Waals surface area contributed by atoms with E-state index in [2.05, 4.69) is 29.1 Å². The van der Waals surface area contributed by atoms with E-state index in [1.54, 1.807) is 6.20 Å². The van der Waals surface area contributed by atoms with Gasteiger partial charge in [-0.2, -0.15) is 0 Å². The van der Waals surface area contributed by atoms with Gasteiger partial charge in [-0.25, -0.2) is 4.68 Å².